The van der Waals surface area contributed by atoms with E-state index in [0.717, 1.165) is 17.7 Å². The van der Waals surface area contributed by atoms with Crippen LogP contribution in [0.4, 0.5) is 0 Å². The van der Waals surface area contributed by atoms with Gasteiger partial charge < -0.3 is 5.11 Å². The fourth-order valence-electron chi connectivity index (χ4n) is 2.00. The van der Waals surface area contributed by atoms with Crippen LogP contribution < -0.4 is 0 Å². The lowest BCUT2D eigenvalue weighted by atomic mass is 9.96. The molecule has 3 nitrogen and oxygen atoms in total. The Kier molecular flexibility index (Phi) is 3.72. The number of aliphatic imine (C=N–C) groups is 1. The number of nitrogens with zero attached hydrogens (tertiary/aromatic N) is 1. The summed E-state index contributed by atoms with van der Waals surface area (Å²) in [6.07, 6.45) is 7.83. The average molecular weight is 237 g/mol. The predicted octanol–water partition coefficient (Wildman–Crippen LogP) is 3.20. The zero-order valence-electron chi connectivity index (χ0n) is 9.06. The Balaban J connectivity index is 2.04. The maximum atomic E-state index is 10.9. The molecule has 0 atom stereocenters. The number of hydrogen-bond acceptors (Lipinski definition) is 3. The van der Waals surface area contributed by atoms with E-state index in [0.29, 0.717) is 11.6 Å². The summed E-state index contributed by atoms with van der Waals surface area (Å²) in [5, 5.41) is 10.7. The Labute approximate surface area is 98.8 Å². The van der Waals surface area contributed by atoms with E-state index in [1.165, 1.54) is 30.6 Å². The SMILES string of the molecule is O=C(O)c1ccsc1C=NC1CCCCC1. The summed E-state index contributed by atoms with van der Waals surface area (Å²) in [7, 11) is 0. The van der Waals surface area contributed by atoms with Crippen LogP contribution in [0.2, 0.25) is 0 Å². The van der Waals surface area contributed by atoms with Crippen molar-refractivity contribution < 1.29 is 9.90 Å². The van der Waals surface area contributed by atoms with E-state index >= 15 is 0 Å². The predicted molar refractivity (Wildman–Crippen MR) is 65.7 cm³/mol. The van der Waals surface area contributed by atoms with Gasteiger partial charge in [0.2, 0.25) is 0 Å². The molecule has 1 saturated carbocycles. The molecule has 0 aromatic carbocycles. The topological polar surface area (TPSA) is 49.7 Å². The maximum Gasteiger partial charge on any atom is 0.337 e. The summed E-state index contributed by atoms with van der Waals surface area (Å²) in [5.74, 6) is -0.869. The second kappa shape index (κ2) is 5.25. The third-order valence-corrected chi connectivity index (χ3v) is 3.75. The number of rotatable bonds is 3. The van der Waals surface area contributed by atoms with Gasteiger partial charge in [0, 0.05) is 12.3 Å². The van der Waals surface area contributed by atoms with E-state index in [4.69, 9.17) is 5.11 Å². The number of hydrogen-bond donors (Lipinski definition) is 1. The molecule has 0 bridgehead atoms. The van der Waals surface area contributed by atoms with Crippen LogP contribution in [0.3, 0.4) is 0 Å². The normalized spacial score (nSPS) is 18.0. The van der Waals surface area contributed by atoms with E-state index < -0.39 is 5.97 Å². The van der Waals surface area contributed by atoms with Crippen LogP contribution in [0.1, 0.15) is 47.3 Å². The third-order valence-electron chi connectivity index (χ3n) is 2.90. The molecule has 4 heteroatoms. The number of carboxylic acid groups (broad SMARTS) is 1. The third kappa shape index (κ3) is 2.70. The van der Waals surface area contributed by atoms with Crippen molar-refractivity contribution in [2.75, 3.05) is 0 Å². The van der Waals surface area contributed by atoms with Gasteiger partial charge in [-0.3, -0.25) is 4.99 Å². The Morgan fingerprint density at radius 1 is 1.44 bits per heavy atom. The number of thiophene rings is 1. The molecule has 1 heterocycles. The summed E-state index contributed by atoms with van der Waals surface area (Å²) in [6.45, 7) is 0. The van der Waals surface area contributed by atoms with Crippen LogP contribution >= 0.6 is 11.3 Å². The smallest absolute Gasteiger partial charge is 0.337 e. The molecule has 0 amide bonds. The second-order valence-corrected chi connectivity index (χ2v) is 5.02. The van der Waals surface area contributed by atoms with Crippen molar-refractivity contribution in [3.63, 3.8) is 0 Å². The van der Waals surface area contributed by atoms with E-state index in [1.54, 1.807) is 17.7 Å². The highest BCUT2D eigenvalue weighted by atomic mass is 32.1. The summed E-state index contributed by atoms with van der Waals surface area (Å²) in [4.78, 5) is 16.1. The first-order chi connectivity index (χ1) is 7.77. The van der Waals surface area contributed by atoms with E-state index in [9.17, 15) is 4.79 Å². The average Bonchev–Trinajstić information content (AvgIpc) is 2.76. The van der Waals surface area contributed by atoms with Gasteiger partial charge in [-0.1, -0.05) is 19.3 Å². The highest BCUT2D eigenvalue weighted by molar-refractivity contribution is 7.12. The number of carbonyl (C=O) groups is 1. The molecule has 16 heavy (non-hydrogen) atoms. The summed E-state index contributed by atoms with van der Waals surface area (Å²) in [5.41, 5.74) is 0.365. The van der Waals surface area contributed by atoms with Crippen molar-refractivity contribution in [1.29, 1.82) is 0 Å². The molecule has 1 aromatic heterocycles. The van der Waals surface area contributed by atoms with Gasteiger partial charge in [-0.2, -0.15) is 0 Å². The van der Waals surface area contributed by atoms with Gasteiger partial charge in [0.15, 0.2) is 0 Å². The molecular weight excluding hydrogens is 222 g/mol. The van der Waals surface area contributed by atoms with Crippen LogP contribution in [0, 0.1) is 0 Å². The van der Waals surface area contributed by atoms with Gasteiger partial charge in [-0.05, 0) is 24.3 Å². The van der Waals surface area contributed by atoms with Gasteiger partial charge >= 0.3 is 5.97 Å². The lowest BCUT2D eigenvalue weighted by Crippen LogP contribution is -2.09. The molecule has 0 unspecified atom stereocenters. The first-order valence-corrected chi connectivity index (χ1v) is 6.49. The van der Waals surface area contributed by atoms with Crippen LogP contribution in [0.5, 0.6) is 0 Å². The lowest BCUT2D eigenvalue weighted by molar-refractivity contribution is 0.0697. The van der Waals surface area contributed by atoms with E-state index in [2.05, 4.69) is 4.99 Å². The molecule has 1 aliphatic carbocycles. The largest absolute Gasteiger partial charge is 0.478 e. The van der Waals surface area contributed by atoms with Gasteiger partial charge in [-0.25, -0.2) is 4.79 Å². The van der Waals surface area contributed by atoms with Gasteiger partial charge in [0.1, 0.15) is 0 Å². The molecule has 0 radical (unpaired) electrons. The van der Waals surface area contributed by atoms with E-state index in [1.807, 2.05) is 0 Å². The Hall–Kier alpha value is -1.16. The first-order valence-electron chi connectivity index (χ1n) is 5.61. The van der Waals surface area contributed by atoms with Crippen LogP contribution in [-0.4, -0.2) is 23.3 Å². The molecule has 1 aliphatic rings. The van der Waals surface area contributed by atoms with Crippen molar-refractivity contribution in [2.45, 2.75) is 38.1 Å². The number of carboxylic acids is 1. The van der Waals surface area contributed by atoms with Crippen molar-refractivity contribution >= 4 is 23.5 Å². The van der Waals surface area contributed by atoms with Crippen LogP contribution in [-0.2, 0) is 0 Å². The molecular formula is C12H15NO2S. The lowest BCUT2D eigenvalue weighted by Gasteiger charge is -2.16. The monoisotopic (exact) mass is 237 g/mol. The minimum absolute atomic E-state index is 0.365. The minimum Gasteiger partial charge on any atom is -0.478 e. The van der Waals surface area contributed by atoms with Crippen molar-refractivity contribution in [1.82, 2.24) is 0 Å². The fraction of sp³-hybridized carbons (Fsp3) is 0.500. The fourth-order valence-corrected chi connectivity index (χ4v) is 2.76. The van der Waals surface area contributed by atoms with Gasteiger partial charge in [0.25, 0.3) is 0 Å². The van der Waals surface area contributed by atoms with Crippen LogP contribution in [0.25, 0.3) is 0 Å². The molecule has 1 fully saturated rings. The highest BCUT2D eigenvalue weighted by Crippen LogP contribution is 2.21. The van der Waals surface area contributed by atoms with E-state index in [-0.39, 0.29) is 0 Å². The molecule has 2 rings (SSSR count). The molecule has 0 spiro atoms. The molecule has 86 valence electrons. The molecule has 1 N–H and O–H groups in total. The molecule has 1 aromatic rings. The molecule has 0 aliphatic heterocycles. The summed E-state index contributed by atoms with van der Waals surface area (Å²) < 4.78 is 0. The Bertz CT molecular complexity index is 391. The second-order valence-electron chi connectivity index (χ2n) is 4.07. The van der Waals surface area contributed by atoms with Crippen LogP contribution in [0.15, 0.2) is 16.4 Å². The highest BCUT2D eigenvalue weighted by Gasteiger charge is 2.13. The quantitative estimate of drug-likeness (QED) is 0.821. The first kappa shape index (κ1) is 11.3. The van der Waals surface area contributed by atoms with Gasteiger partial charge in [0.05, 0.1) is 10.4 Å². The standard InChI is InChI=1S/C12H15NO2S/c14-12(15)10-6-7-16-11(10)8-13-9-4-2-1-3-5-9/h6-9H,1-5H2,(H,14,15). The van der Waals surface area contributed by atoms with Crippen molar-refractivity contribution in [2.24, 2.45) is 4.99 Å². The Morgan fingerprint density at radius 3 is 2.88 bits per heavy atom. The zero-order chi connectivity index (χ0) is 11.4. The Morgan fingerprint density at radius 2 is 2.19 bits per heavy atom. The van der Waals surface area contributed by atoms with Crippen molar-refractivity contribution in [3.05, 3.63) is 21.9 Å². The summed E-state index contributed by atoms with van der Waals surface area (Å²) in [6, 6.07) is 2.03. The molecule has 0 saturated heterocycles. The minimum atomic E-state index is -0.869. The maximum absolute atomic E-state index is 10.9. The number of aromatic carboxylic acids is 1. The van der Waals surface area contributed by atoms with Crippen molar-refractivity contribution in [3.8, 4) is 0 Å². The van der Waals surface area contributed by atoms with Gasteiger partial charge in [-0.15, -0.1) is 11.3 Å². The summed E-state index contributed by atoms with van der Waals surface area (Å²) >= 11 is 1.44. The zero-order valence-corrected chi connectivity index (χ0v) is 9.87.